The maximum absolute atomic E-state index is 14.8. The zero-order valence-electron chi connectivity index (χ0n) is 20.9. The number of hydrogen-bond donors (Lipinski definition) is 2. The van der Waals surface area contributed by atoms with Crippen LogP contribution in [0.25, 0.3) is 22.2 Å². The minimum Gasteiger partial charge on any atom is -0.436 e. The van der Waals surface area contributed by atoms with Crippen LogP contribution in [0.1, 0.15) is 27.0 Å². The highest BCUT2D eigenvalue weighted by atomic mass is 19.1. The number of fused-ring (bicyclic) bond motifs is 1. The van der Waals surface area contributed by atoms with E-state index in [0.29, 0.717) is 45.3 Å². The quantitative estimate of drug-likeness (QED) is 0.296. The van der Waals surface area contributed by atoms with Crippen LogP contribution in [-0.2, 0) is 7.05 Å². The van der Waals surface area contributed by atoms with E-state index in [1.54, 1.807) is 30.3 Å². The molecule has 5 rings (SSSR count). The van der Waals surface area contributed by atoms with Crippen molar-refractivity contribution in [2.24, 2.45) is 12.8 Å². The van der Waals surface area contributed by atoms with Gasteiger partial charge < -0.3 is 20.4 Å². The van der Waals surface area contributed by atoms with E-state index < -0.39 is 11.7 Å². The van der Waals surface area contributed by atoms with Crippen LogP contribution in [0, 0.1) is 31.0 Å². The molecule has 188 valence electrons. The molecule has 3 aromatic carbocycles. The third-order valence-electron chi connectivity index (χ3n) is 6.18. The van der Waals surface area contributed by atoms with Gasteiger partial charge in [0.05, 0.1) is 17.1 Å². The number of primary amides is 1. The highest BCUT2D eigenvalue weighted by molar-refractivity contribution is 5.93. The number of ether oxygens (including phenoxy) is 1. The molecule has 9 heteroatoms. The largest absolute Gasteiger partial charge is 0.436 e. The Morgan fingerprint density at radius 2 is 1.76 bits per heavy atom. The summed E-state index contributed by atoms with van der Waals surface area (Å²) in [6.45, 7) is 3.75. The number of rotatable bonds is 6. The van der Waals surface area contributed by atoms with Gasteiger partial charge in [-0.15, -0.1) is 0 Å². The molecule has 5 aromatic rings. The fourth-order valence-electron chi connectivity index (χ4n) is 4.31. The van der Waals surface area contributed by atoms with Crippen LogP contribution < -0.4 is 15.8 Å². The van der Waals surface area contributed by atoms with Crippen molar-refractivity contribution in [1.82, 2.24) is 14.5 Å². The molecule has 0 saturated heterocycles. The number of carbonyl (C=O) groups excluding carboxylic acids is 1. The number of benzene rings is 3. The van der Waals surface area contributed by atoms with Crippen LogP contribution in [0.15, 0.2) is 66.9 Å². The first-order valence-corrected chi connectivity index (χ1v) is 11.7. The second-order valence-corrected chi connectivity index (χ2v) is 8.93. The molecule has 0 spiro atoms. The average molecular weight is 507 g/mol. The Morgan fingerprint density at radius 1 is 1.05 bits per heavy atom. The molecule has 0 unspecified atom stereocenters. The average Bonchev–Trinajstić information content (AvgIpc) is 3.27. The zero-order chi connectivity index (χ0) is 27.0. The molecule has 0 bridgehead atoms. The molecule has 2 aromatic heterocycles. The summed E-state index contributed by atoms with van der Waals surface area (Å²) < 4.78 is 23.0. The normalized spacial score (nSPS) is 10.8. The van der Waals surface area contributed by atoms with Crippen LogP contribution in [0.4, 0.5) is 16.0 Å². The number of nitrogens with two attached hydrogens (primary N) is 1. The van der Waals surface area contributed by atoms with E-state index in [4.69, 9.17) is 15.7 Å². The number of aryl methyl sites for hydroxylation is 3. The summed E-state index contributed by atoms with van der Waals surface area (Å²) in [5.74, 6) is 0.0695. The van der Waals surface area contributed by atoms with Crippen molar-refractivity contribution in [1.29, 1.82) is 5.26 Å². The maximum Gasteiger partial charge on any atom is 0.249 e. The molecule has 0 fully saturated rings. The summed E-state index contributed by atoms with van der Waals surface area (Å²) in [5.41, 5.74) is 10.6. The van der Waals surface area contributed by atoms with E-state index in [1.807, 2.05) is 49.9 Å². The molecule has 8 nitrogen and oxygen atoms in total. The number of halogens is 1. The summed E-state index contributed by atoms with van der Waals surface area (Å²) in [5, 5.41) is 12.2. The van der Waals surface area contributed by atoms with Gasteiger partial charge in [0, 0.05) is 30.1 Å². The summed E-state index contributed by atoms with van der Waals surface area (Å²) in [6.07, 6.45) is 1.87. The predicted octanol–water partition coefficient (Wildman–Crippen LogP) is 5.90. The van der Waals surface area contributed by atoms with Crippen molar-refractivity contribution in [3.05, 3.63) is 94.9 Å². The number of nitrogens with one attached hydrogen (secondary N) is 1. The molecule has 0 aliphatic carbocycles. The molecule has 38 heavy (non-hydrogen) atoms. The molecule has 1 amide bonds. The van der Waals surface area contributed by atoms with Gasteiger partial charge in [-0.2, -0.15) is 10.2 Å². The van der Waals surface area contributed by atoms with Crippen LogP contribution in [0.5, 0.6) is 11.6 Å². The highest BCUT2D eigenvalue weighted by Gasteiger charge is 2.18. The first kappa shape index (κ1) is 24.5. The fraction of sp³-hybridized carbons (Fsp3) is 0.103. The Kier molecular flexibility index (Phi) is 6.23. The van der Waals surface area contributed by atoms with E-state index in [0.717, 1.165) is 22.9 Å². The number of nitrogens with zero attached hydrogens (tertiary/aromatic N) is 4. The summed E-state index contributed by atoms with van der Waals surface area (Å²) in [7, 11) is 1.88. The lowest BCUT2D eigenvalue weighted by Gasteiger charge is -2.16. The SMILES string of the molecule is Cc1cc(-c2ccc(C(N)=O)cc2F)cc(C)c1Oc1nc(Nc2ccc(C#N)cc2)nc2ccn(C)c12. The van der Waals surface area contributed by atoms with E-state index >= 15 is 0 Å². The molecule has 0 aliphatic heterocycles. The van der Waals surface area contributed by atoms with Crippen molar-refractivity contribution in [2.75, 3.05) is 5.32 Å². The summed E-state index contributed by atoms with van der Waals surface area (Å²) in [4.78, 5) is 20.6. The Morgan fingerprint density at radius 3 is 2.39 bits per heavy atom. The minimum atomic E-state index is -0.684. The first-order valence-electron chi connectivity index (χ1n) is 11.7. The minimum absolute atomic E-state index is 0.111. The number of anilines is 2. The molecule has 0 saturated carbocycles. The summed E-state index contributed by atoms with van der Waals surface area (Å²) in [6, 6.07) is 18.8. The molecular formula is C29H23FN6O2. The topological polar surface area (TPSA) is 119 Å². The Bertz CT molecular complexity index is 1730. The molecule has 0 aliphatic rings. The van der Waals surface area contributed by atoms with Gasteiger partial charge in [0.25, 0.3) is 0 Å². The Labute approximate surface area is 218 Å². The van der Waals surface area contributed by atoms with E-state index in [-0.39, 0.29) is 5.56 Å². The van der Waals surface area contributed by atoms with Gasteiger partial charge in [0.2, 0.25) is 17.7 Å². The van der Waals surface area contributed by atoms with Gasteiger partial charge in [-0.3, -0.25) is 4.79 Å². The number of carbonyl (C=O) groups is 1. The standard InChI is InChI=1S/C29H23FN6O2/c1-16-12-20(22-9-6-19(27(32)37)14-23(22)30)13-17(2)26(16)38-28-25-24(10-11-36(25)3)34-29(35-28)33-21-7-4-18(15-31)5-8-21/h4-14H,1-3H3,(H2,32,37)(H,33,34,35). The third-order valence-corrected chi connectivity index (χ3v) is 6.18. The van der Waals surface area contributed by atoms with Gasteiger partial charge >= 0.3 is 0 Å². The van der Waals surface area contributed by atoms with Crippen LogP contribution in [0.2, 0.25) is 0 Å². The van der Waals surface area contributed by atoms with Gasteiger partial charge in [-0.1, -0.05) is 6.07 Å². The summed E-state index contributed by atoms with van der Waals surface area (Å²) >= 11 is 0. The second kappa shape index (κ2) is 9.67. The lowest BCUT2D eigenvalue weighted by atomic mass is 9.98. The van der Waals surface area contributed by atoms with E-state index in [1.165, 1.54) is 6.07 Å². The van der Waals surface area contributed by atoms with Gasteiger partial charge in [-0.05, 0) is 85.1 Å². The highest BCUT2D eigenvalue weighted by Crippen LogP contribution is 2.36. The van der Waals surface area contributed by atoms with Crippen LogP contribution in [0.3, 0.4) is 0 Å². The van der Waals surface area contributed by atoms with Gasteiger partial charge in [0.1, 0.15) is 17.1 Å². The predicted molar refractivity (Wildman–Crippen MR) is 143 cm³/mol. The Hall–Kier alpha value is -5.23. The lowest BCUT2D eigenvalue weighted by Crippen LogP contribution is -2.11. The van der Waals surface area contributed by atoms with Crippen molar-refractivity contribution >= 4 is 28.6 Å². The number of hydrogen-bond acceptors (Lipinski definition) is 6. The number of nitriles is 1. The Balaban J connectivity index is 1.51. The van der Waals surface area contributed by atoms with E-state index in [2.05, 4.69) is 21.4 Å². The molecular weight excluding hydrogens is 483 g/mol. The van der Waals surface area contributed by atoms with Gasteiger partial charge in [0.15, 0.2) is 0 Å². The molecule has 3 N–H and O–H groups in total. The maximum atomic E-state index is 14.8. The molecule has 0 radical (unpaired) electrons. The first-order chi connectivity index (χ1) is 18.2. The van der Waals surface area contributed by atoms with Crippen molar-refractivity contribution in [3.8, 4) is 28.8 Å². The van der Waals surface area contributed by atoms with Crippen molar-refractivity contribution in [3.63, 3.8) is 0 Å². The van der Waals surface area contributed by atoms with Crippen LogP contribution >= 0.6 is 0 Å². The van der Waals surface area contributed by atoms with Crippen molar-refractivity contribution in [2.45, 2.75) is 13.8 Å². The smallest absolute Gasteiger partial charge is 0.249 e. The van der Waals surface area contributed by atoms with E-state index in [9.17, 15) is 9.18 Å². The number of aromatic nitrogens is 3. The number of amides is 1. The molecule has 2 heterocycles. The third kappa shape index (κ3) is 4.63. The second-order valence-electron chi connectivity index (χ2n) is 8.93. The fourth-order valence-corrected chi connectivity index (χ4v) is 4.31. The monoisotopic (exact) mass is 506 g/mol. The zero-order valence-corrected chi connectivity index (χ0v) is 20.9. The van der Waals surface area contributed by atoms with Crippen LogP contribution in [-0.4, -0.2) is 20.4 Å². The van der Waals surface area contributed by atoms with Gasteiger partial charge in [-0.25, -0.2) is 9.37 Å². The lowest BCUT2D eigenvalue weighted by molar-refractivity contribution is 0.1000. The van der Waals surface area contributed by atoms with Crippen molar-refractivity contribution < 1.29 is 13.9 Å². The molecule has 0 atom stereocenters.